The summed E-state index contributed by atoms with van der Waals surface area (Å²) in [5, 5.41) is 8.01. The van der Waals surface area contributed by atoms with Crippen LogP contribution >= 0.6 is 0 Å². The van der Waals surface area contributed by atoms with E-state index >= 15 is 0 Å². The van der Waals surface area contributed by atoms with Crippen molar-refractivity contribution in [2.45, 2.75) is 6.42 Å². The lowest BCUT2D eigenvalue weighted by Crippen LogP contribution is -2.41. The fourth-order valence-corrected chi connectivity index (χ4v) is 1.77. The normalized spacial score (nSPS) is 16.1. The topological polar surface area (TPSA) is 62.3 Å². The monoisotopic (exact) mass is 219 g/mol. The number of rotatable bonds is 2. The van der Waals surface area contributed by atoms with E-state index in [1.54, 1.807) is 0 Å². The molecule has 1 heterocycles. The van der Waals surface area contributed by atoms with Gasteiger partial charge in [0, 0.05) is 25.2 Å². The number of nitrogens with two attached hydrogens (primary N) is 1. The van der Waals surface area contributed by atoms with E-state index in [-0.39, 0.29) is 0 Å². The van der Waals surface area contributed by atoms with Gasteiger partial charge in [-0.15, -0.1) is 0 Å². The first kappa shape index (κ1) is 11.0. The standard InChI is InChI=1S/C12H17N3O/c13-11-3-1-10(2-4-11)9-12(14)15-5-7-16-8-6-15/h1-4,14H,5-9,13H2. The summed E-state index contributed by atoms with van der Waals surface area (Å²) in [5.74, 6) is 0.660. The van der Waals surface area contributed by atoms with Gasteiger partial charge in [0.05, 0.1) is 13.2 Å². The fraction of sp³-hybridized carbons (Fsp3) is 0.417. The molecule has 0 radical (unpaired) electrons. The average molecular weight is 219 g/mol. The zero-order chi connectivity index (χ0) is 11.4. The van der Waals surface area contributed by atoms with Crippen molar-refractivity contribution >= 4 is 11.5 Å². The van der Waals surface area contributed by atoms with Gasteiger partial charge in [-0.25, -0.2) is 0 Å². The molecular formula is C12H17N3O. The van der Waals surface area contributed by atoms with Crippen LogP contribution in [0.3, 0.4) is 0 Å². The number of amidine groups is 1. The van der Waals surface area contributed by atoms with Gasteiger partial charge in [0.15, 0.2) is 0 Å². The molecule has 4 nitrogen and oxygen atoms in total. The minimum absolute atomic E-state index is 0.660. The molecule has 0 atom stereocenters. The third kappa shape index (κ3) is 2.73. The van der Waals surface area contributed by atoms with Gasteiger partial charge < -0.3 is 15.4 Å². The molecule has 86 valence electrons. The van der Waals surface area contributed by atoms with E-state index in [0.29, 0.717) is 12.3 Å². The predicted molar refractivity (Wildman–Crippen MR) is 64.7 cm³/mol. The lowest BCUT2D eigenvalue weighted by atomic mass is 10.1. The molecule has 1 aliphatic rings. The fourth-order valence-electron chi connectivity index (χ4n) is 1.77. The van der Waals surface area contributed by atoms with Crippen LogP contribution in [0, 0.1) is 5.41 Å². The van der Waals surface area contributed by atoms with Crippen LogP contribution in [0.15, 0.2) is 24.3 Å². The van der Waals surface area contributed by atoms with Crippen LogP contribution in [0.5, 0.6) is 0 Å². The number of morpholine rings is 1. The maximum atomic E-state index is 8.01. The molecule has 4 heteroatoms. The minimum Gasteiger partial charge on any atom is -0.399 e. The van der Waals surface area contributed by atoms with Gasteiger partial charge in [-0.2, -0.15) is 0 Å². The Morgan fingerprint density at radius 1 is 1.25 bits per heavy atom. The van der Waals surface area contributed by atoms with Gasteiger partial charge in [-0.1, -0.05) is 12.1 Å². The maximum Gasteiger partial charge on any atom is 0.100 e. The van der Waals surface area contributed by atoms with Crippen LogP contribution in [0.25, 0.3) is 0 Å². The third-order valence-corrected chi connectivity index (χ3v) is 2.74. The summed E-state index contributed by atoms with van der Waals surface area (Å²) >= 11 is 0. The summed E-state index contributed by atoms with van der Waals surface area (Å²) in [6, 6.07) is 7.71. The van der Waals surface area contributed by atoms with E-state index < -0.39 is 0 Å². The van der Waals surface area contributed by atoms with Crippen molar-refractivity contribution in [3.05, 3.63) is 29.8 Å². The summed E-state index contributed by atoms with van der Waals surface area (Å²) in [7, 11) is 0. The first-order valence-corrected chi connectivity index (χ1v) is 5.50. The van der Waals surface area contributed by atoms with Gasteiger partial charge in [0.25, 0.3) is 0 Å². The average Bonchev–Trinajstić information content (AvgIpc) is 2.33. The van der Waals surface area contributed by atoms with Crippen molar-refractivity contribution in [1.82, 2.24) is 4.90 Å². The number of nitrogens with one attached hydrogen (secondary N) is 1. The van der Waals surface area contributed by atoms with Gasteiger partial charge in [-0.05, 0) is 17.7 Å². The lowest BCUT2D eigenvalue weighted by Gasteiger charge is -2.29. The Labute approximate surface area is 95.5 Å². The second-order valence-electron chi connectivity index (χ2n) is 3.96. The van der Waals surface area contributed by atoms with Gasteiger partial charge in [-0.3, -0.25) is 5.41 Å². The Balaban J connectivity index is 1.93. The highest BCUT2D eigenvalue weighted by Crippen LogP contribution is 2.08. The molecule has 1 aromatic rings. The molecule has 0 unspecified atom stereocenters. The maximum absolute atomic E-state index is 8.01. The molecule has 0 aromatic heterocycles. The molecule has 0 amide bonds. The molecule has 0 aliphatic carbocycles. The summed E-state index contributed by atoms with van der Waals surface area (Å²) < 4.78 is 5.26. The second-order valence-corrected chi connectivity index (χ2v) is 3.96. The van der Waals surface area contributed by atoms with Crippen molar-refractivity contribution < 1.29 is 4.74 Å². The van der Waals surface area contributed by atoms with Crippen molar-refractivity contribution in [2.24, 2.45) is 0 Å². The Bertz CT molecular complexity index is 355. The zero-order valence-electron chi connectivity index (χ0n) is 9.28. The van der Waals surface area contributed by atoms with E-state index in [1.165, 1.54) is 0 Å². The highest BCUT2D eigenvalue weighted by atomic mass is 16.5. The van der Waals surface area contributed by atoms with Crippen molar-refractivity contribution in [3.8, 4) is 0 Å². The number of hydrogen-bond acceptors (Lipinski definition) is 3. The molecule has 2 rings (SSSR count). The van der Waals surface area contributed by atoms with Crippen LogP contribution in [0.1, 0.15) is 5.56 Å². The second kappa shape index (κ2) is 4.99. The highest BCUT2D eigenvalue weighted by molar-refractivity contribution is 5.81. The summed E-state index contributed by atoms with van der Waals surface area (Å²) in [6.45, 7) is 3.11. The van der Waals surface area contributed by atoms with Crippen LogP contribution in [-0.4, -0.2) is 37.0 Å². The number of nitrogens with zero attached hydrogens (tertiary/aromatic N) is 1. The largest absolute Gasteiger partial charge is 0.399 e. The molecule has 1 saturated heterocycles. The number of hydrogen-bond donors (Lipinski definition) is 2. The number of nitrogen functional groups attached to an aromatic ring is 1. The number of ether oxygens (including phenoxy) is 1. The predicted octanol–water partition coefficient (Wildman–Crippen LogP) is 1.12. The van der Waals surface area contributed by atoms with Gasteiger partial charge in [0.1, 0.15) is 5.84 Å². The number of anilines is 1. The molecule has 16 heavy (non-hydrogen) atoms. The highest BCUT2D eigenvalue weighted by Gasteiger charge is 2.13. The van der Waals surface area contributed by atoms with Crippen LogP contribution in [-0.2, 0) is 11.2 Å². The summed E-state index contributed by atoms with van der Waals surface area (Å²) in [6.07, 6.45) is 0.667. The van der Waals surface area contributed by atoms with E-state index in [9.17, 15) is 0 Å². The van der Waals surface area contributed by atoms with E-state index in [4.69, 9.17) is 15.9 Å². The lowest BCUT2D eigenvalue weighted by molar-refractivity contribution is 0.0670. The van der Waals surface area contributed by atoms with E-state index in [2.05, 4.69) is 4.90 Å². The first-order chi connectivity index (χ1) is 7.75. The summed E-state index contributed by atoms with van der Waals surface area (Å²) in [4.78, 5) is 2.07. The van der Waals surface area contributed by atoms with Crippen molar-refractivity contribution in [1.29, 1.82) is 5.41 Å². The minimum atomic E-state index is 0.660. The number of benzene rings is 1. The SMILES string of the molecule is N=C(Cc1ccc(N)cc1)N1CCOCC1. The smallest absolute Gasteiger partial charge is 0.100 e. The van der Waals surface area contributed by atoms with Gasteiger partial charge in [0.2, 0.25) is 0 Å². The zero-order valence-corrected chi connectivity index (χ0v) is 9.28. The Morgan fingerprint density at radius 3 is 2.50 bits per heavy atom. The molecule has 3 N–H and O–H groups in total. The molecule has 1 aliphatic heterocycles. The van der Waals surface area contributed by atoms with Crippen molar-refractivity contribution in [3.63, 3.8) is 0 Å². The van der Waals surface area contributed by atoms with E-state index in [1.807, 2.05) is 24.3 Å². The Kier molecular flexibility index (Phi) is 3.41. The molecular weight excluding hydrogens is 202 g/mol. The molecule has 0 saturated carbocycles. The Hall–Kier alpha value is -1.55. The van der Waals surface area contributed by atoms with Crippen LogP contribution in [0.2, 0.25) is 0 Å². The quantitative estimate of drug-likeness (QED) is 0.445. The molecule has 0 spiro atoms. The van der Waals surface area contributed by atoms with Crippen LogP contribution in [0.4, 0.5) is 5.69 Å². The molecule has 0 bridgehead atoms. The first-order valence-electron chi connectivity index (χ1n) is 5.50. The Morgan fingerprint density at radius 2 is 1.88 bits per heavy atom. The van der Waals surface area contributed by atoms with Crippen molar-refractivity contribution in [2.75, 3.05) is 32.0 Å². The molecule has 1 aromatic carbocycles. The van der Waals surface area contributed by atoms with Crippen LogP contribution < -0.4 is 5.73 Å². The summed E-state index contributed by atoms with van der Waals surface area (Å²) in [5.41, 5.74) is 7.52. The third-order valence-electron chi connectivity index (χ3n) is 2.74. The van der Waals surface area contributed by atoms with Gasteiger partial charge >= 0.3 is 0 Å². The molecule has 1 fully saturated rings. The van der Waals surface area contributed by atoms with E-state index in [0.717, 1.165) is 37.6 Å².